The highest BCUT2D eigenvalue weighted by Gasteiger charge is 2.41. The van der Waals surface area contributed by atoms with Crippen LogP contribution >= 0.6 is 0 Å². The van der Waals surface area contributed by atoms with Crippen LogP contribution in [0.4, 0.5) is 0 Å². The molecular formula is C17H25N3O. The zero-order chi connectivity index (χ0) is 14.7. The van der Waals surface area contributed by atoms with E-state index in [0.717, 1.165) is 38.3 Å². The SMILES string of the molecule is CN(CCc1ccncc1)C(=O)[C@@H]1CCCN[C@@H]1C1CC1. The molecule has 1 saturated carbocycles. The molecule has 114 valence electrons. The van der Waals surface area contributed by atoms with Crippen molar-refractivity contribution in [1.82, 2.24) is 15.2 Å². The Kier molecular flexibility index (Phi) is 4.54. The fraction of sp³-hybridized carbons (Fsp3) is 0.647. The number of likely N-dealkylation sites (N-methyl/N-ethyl adjacent to an activating group) is 1. The Labute approximate surface area is 126 Å². The van der Waals surface area contributed by atoms with E-state index in [9.17, 15) is 4.79 Å². The summed E-state index contributed by atoms with van der Waals surface area (Å²) in [6, 6.07) is 4.47. The van der Waals surface area contributed by atoms with Gasteiger partial charge in [-0.25, -0.2) is 0 Å². The van der Waals surface area contributed by atoms with Crippen LogP contribution in [0.5, 0.6) is 0 Å². The summed E-state index contributed by atoms with van der Waals surface area (Å²) < 4.78 is 0. The number of nitrogens with zero attached hydrogens (tertiary/aromatic N) is 2. The van der Waals surface area contributed by atoms with Crippen molar-refractivity contribution < 1.29 is 4.79 Å². The second-order valence-corrected chi connectivity index (χ2v) is 6.43. The van der Waals surface area contributed by atoms with Gasteiger partial charge in [-0.05, 0) is 62.3 Å². The molecule has 2 atom stereocenters. The van der Waals surface area contributed by atoms with Gasteiger partial charge in [0.05, 0.1) is 5.92 Å². The molecule has 0 unspecified atom stereocenters. The van der Waals surface area contributed by atoms with Crippen molar-refractivity contribution in [2.24, 2.45) is 11.8 Å². The summed E-state index contributed by atoms with van der Waals surface area (Å²) in [5.41, 5.74) is 1.24. The van der Waals surface area contributed by atoms with Crippen LogP contribution in [0.2, 0.25) is 0 Å². The predicted molar refractivity (Wildman–Crippen MR) is 82.8 cm³/mol. The van der Waals surface area contributed by atoms with Crippen LogP contribution in [0.1, 0.15) is 31.2 Å². The molecule has 4 nitrogen and oxygen atoms in total. The summed E-state index contributed by atoms with van der Waals surface area (Å²) in [7, 11) is 1.95. The quantitative estimate of drug-likeness (QED) is 0.899. The van der Waals surface area contributed by atoms with Crippen molar-refractivity contribution in [2.75, 3.05) is 20.1 Å². The van der Waals surface area contributed by atoms with Crippen LogP contribution in [0.3, 0.4) is 0 Å². The van der Waals surface area contributed by atoms with Crippen molar-refractivity contribution in [3.8, 4) is 0 Å². The Bertz CT molecular complexity index is 472. The van der Waals surface area contributed by atoms with Gasteiger partial charge in [0.15, 0.2) is 0 Å². The third-order valence-corrected chi connectivity index (χ3v) is 4.81. The average Bonchev–Trinajstić information content (AvgIpc) is 3.38. The summed E-state index contributed by atoms with van der Waals surface area (Å²) in [5, 5.41) is 3.58. The van der Waals surface area contributed by atoms with E-state index >= 15 is 0 Å². The number of carbonyl (C=O) groups is 1. The maximum atomic E-state index is 12.7. The Balaban J connectivity index is 1.55. The molecule has 1 N–H and O–H groups in total. The highest BCUT2D eigenvalue weighted by molar-refractivity contribution is 5.79. The number of aromatic nitrogens is 1. The Morgan fingerprint density at radius 3 is 2.81 bits per heavy atom. The van der Waals surface area contributed by atoms with Crippen molar-refractivity contribution in [3.05, 3.63) is 30.1 Å². The smallest absolute Gasteiger partial charge is 0.227 e. The lowest BCUT2D eigenvalue weighted by molar-refractivity contribution is -0.136. The largest absolute Gasteiger partial charge is 0.345 e. The van der Waals surface area contributed by atoms with E-state index in [2.05, 4.69) is 10.3 Å². The van der Waals surface area contributed by atoms with Gasteiger partial charge in [-0.3, -0.25) is 9.78 Å². The number of pyridine rings is 1. The summed E-state index contributed by atoms with van der Waals surface area (Å²) in [6.07, 6.45) is 9.28. The fourth-order valence-electron chi connectivity index (χ4n) is 3.38. The molecule has 1 aromatic rings. The van der Waals surface area contributed by atoms with Crippen LogP contribution in [0.25, 0.3) is 0 Å². The minimum absolute atomic E-state index is 0.189. The molecule has 4 heteroatoms. The molecule has 1 aromatic heterocycles. The van der Waals surface area contributed by atoms with E-state index < -0.39 is 0 Å². The topological polar surface area (TPSA) is 45.2 Å². The first kappa shape index (κ1) is 14.5. The molecule has 1 saturated heterocycles. The normalized spacial score (nSPS) is 25.6. The Morgan fingerprint density at radius 1 is 1.33 bits per heavy atom. The monoisotopic (exact) mass is 287 g/mol. The Morgan fingerprint density at radius 2 is 2.10 bits per heavy atom. The van der Waals surface area contributed by atoms with E-state index in [4.69, 9.17) is 0 Å². The zero-order valence-corrected chi connectivity index (χ0v) is 12.8. The molecule has 0 spiro atoms. The van der Waals surface area contributed by atoms with Crippen molar-refractivity contribution in [1.29, 1.82) is 0 Å². The minimum atomic E-state index is 0.189. The lowest BCUT2D eigenvalue weighted by Crippen LogP contribution is -2.50. The van der Waals surface area contributed by atoms with Gasteiger partial charge in [-0.15, -0.1) is 0 Å². The molecule has 0 aromatic carbocycles. The summed E-state index contributed by atoms with van der Waals surface area (Å²) in [5.74, 6) is 1.26. The molecule has 0 bridgehead atoms. The van der Waals surface area contributed by atoms with Crippen LogP contribution < -0.4 is 5.32 Å². The first-order valence-corrected chi connectivity index (χ1v) is 8.13. The van der Waals surface area contributed by atoms with Crippen LogP contribution in [0.15, 0.2) is 24.5 Å². The van der Waals surface area contributed by atoms with Gasteiger partial charge in [-0.2, -0.15) is 0 Å². The first-order valence-electron chi connectivity index (χ1n) is 8.13. The standard InChI is InChI=1S/C17H25N3O/c1-20(12-8-13-6-10-18-11-7-13)17(21)15-3-2-9-19-16(15)14-4-5-14/h6-7,10-11,14-16,19H,2-5,8-9,12H2,1H3/t15-,16-/m1/s1. The Hall–Kier alpha value is -1.42. The summed E-state index contributed by atoms with van der Waals surface area (Å²) in [4.78, 5) is 18.7. The number of hydrogen-bond donors (Lipinski definition) is 1. The summed E-state index contributed by atoms with van der Waals surface area (Å²) in [6.45, 7) is 1.86. The number of nitrogens with one attached hydrogen (secondary N) is 1. The third kappa shape index (κ3) is 3.62. The van der Waals surface area contributed by atoms with Crippen molar-refractivity contribution in [3.63, 3.8) is 0 Å². The predicted octanol–water partition coefficient (Wildman–Crippen LogP) is 1.86. The second kappa shape index (κ2) is 6.56. The maximum absolute atomic E-state index is 12.7. The lowest BCUT2D eigenvalue weighted by atomic mass is 9.86. The molecule has 2 fully saturated rings. The minimum Gasteiger partial charge on any atom is -0.345 e. The van der Waals surface area contributed by atoms with E-state index in [-0.39, 0.29) is 5.92 Å². The number of rotatable bonds is 5. The van der Waals surface area contributed by atoms with E-state index in [0.29, 0.717) is 11.9 Å². The molecule has 2 aliphatic rings. The molecule has 1 aliphatic carbocycles. The van der Waals surface area contributed by atoms with E-state index in [1.807, 2.05) is 36.5 Å². The molecule has 0 radical (unpaired) electrons. The van der Waals surface area contributed by atoms with Crippen molar-refractivity contribution >= 4 is 5.91 Å². The molecular weight excluding hydrogens is 262 g/mol. The van der Waals surface area contributed by atoms with Gasteiger partial charge in [0.25, 0.3) is 0 Å². The zero-order valence-electron chi connectivity index (χ0n) is 12.8. The number of amides is 1. The second-order valence-electron chi connectivity index (χ2n) is 6.43. The number of hydrogen-bond acceptors (Lipinski definition) is 3. The maximum Gasteiger partial charge on any atom is 0.227 e. The summed E-state index contributed by atoms with van der Waals surface area (Å²) >= 11 is 0. The highest BCUT2D eigenvalue weighted by atomic mass is 16.2. The van der Waals surface area contributed by atoms with Gasteiger partial charge < -0.3 is 10.2 Å². The molecule has 21 heavy (non-hydrogen) atoms. The van der Waals surface area contributed by atoms with E-state index in [1.54, 1.807) is 0 Å². The van der Waals surface area contributed by atoms with Gasteiger partial charge in [-0.1, -0.05) is 0 Å². The van der Waals surface area contributed by atoms with Gasteiger partial charge >= 0.3 is 0 Å². The molecule has 3 rings (SSSR count). The third-order valence-electron chi connectivity index (χ3n) is 4.81. The highest BCUT2D eigenvalue weighted by Crippen LogP contribution is 2.38. The first-order chi connectivity index (χ1) is 10.3. The molecule has 1 amide bonds. The number of piperidine rings is 1. The average molecular weight is 287 g/mol. The lowest BCUT2D eigenvalue weighted by Gasteiger charge is -2.34. The number of carbonyl (C=O) groups excluding carboxylic acids is 1. The van der Waals surface area contributed by atoms with E-state index in [1.165, 1.54) is 18.4 Å². The van der Waals surface area contributed by atoms with Gasteiger partial charge in [0, 0.05) is 32.0 Å². The fourth-order valence-corrected chi connectivity index (χ4v) is 3.38. The van der Waals surface area contributed by atoms with Crippen LogP contribution in [-0.2, 0) is 11.2 Å². The van der Waals surface area contributed by atoms with Gasteiger partial charge in [0.2, 0.25) is 5.91 Å². The van der Waals surface area contributed by atoms with Crippen molar-refractivity contribution in [2.45, 2.75) is 38.1 Å². The van der Waals surface area contributed by atoms with Crippen LogP contribution in [0, 0.1) is 11.8 Å². The van der Waals surface area contributed by atoms with Crippen LogP contribution in [-0.4, -0.2) is 42.0 Å². The molecule has 1 aliphatic heterocycles. The van der Waals surface area contributed by atoms with Gasteiger partial charge in [0.1, 0.15) is 0 Å². The molecule has 2 heterocycles.